The Labute approximate surface area is 118 Å². The fourth-order valence-electron chi connectivity index (χ4n) is 2.09. The second-order valence-electron chi connectivity index (χ2n) is 7.04. The molecule has 0 fully saturated rings. The van der Waals surface area contributed by atoms with Crippen molar-refractivity contribution in [2.45, 2.75) is 72.4 Å². The van der Waals surface area contributed by atoms with Gasteiger partial charge in [0, 0.05) is 12.1 Å². The number of phenols is 1. The maximum absolute atomic E-state index is 10.4. The molecule has 0 atom stereocenters. The molecule has 0 bridgehead atoms. The third kappa shape index (κ3) is 4.54. The van der Waals surface area contributed by atoms with Crippen LogP contribution in [0.5, 0.6) is 5.75 Å². The molecular weight excluding hydrogens is 234 g/mol. The van der Waals surface area contributed by atoms with Crippen molar-refractivity contribution in [3.8, 4) is 5.75 Å². The first kappa shape index (κ1) is 16.0. The van der Waals surface area contributed by atoms with E-state index in [0.717, 1.165) is 17.7 Å². The normalized spacial score (nSPS) is 12.5. The van der Waals surface area contributed by atoms with E-state index >= 15 is 0 Å². The third-order valence-corrected chi connectivity index (χ3v) is 3.30. The van der Waals surface area contributed by atoms with Crippen LogP contribution >= 0.6 is 0 Å². The van der Waals surface area contributed by atoms with Crippen molar-refractivity contribution in [3.05, 3.63) is 28.8 Å². The molecule has 2 nitrogen and oxygen atoms in total. The minimum Gasteiger partial charge on any atom is -0.507 e. The molecule has 0 spiro atoms. The zero-order valence-corrected chi connectivity index (χ0v) is 13.5. The third-order valence-electron chi connectivity index (χ3n) is 3.30. The number of phenolic OH excluding ortho intramolecular Hbond substituents is 1. The van der Waals surface area contributed by atoms with Gasteiger partial charge in [-0.25, -0.2) is 0 Å². The van der Waals surface area contributed by atoms with Gasteiger partial charge in [0.05, 0.1) is 0 Å². The molecule has 19 heavy (non-hydrogen) atoms. The first-order valence-electron chi connectivity index (χ1n) is 7.22. The highest BCUT2D eigenvalue weighted by molar-refractivity contribution is 5.46. The maximum Gasteiger partial charge on any atom is 0.122 e. The SMILES string of the molecule is CC(C)c1cc(CNC(C)(C)C)cc(C(C)C)c1O. The van der Waals surface area contributed by atoms with Crippen molar-refractivity contribution in [1.29, 1.82) is 0 Å². The first-order chi connectivity index (χ1) is 8.61. The van der Waals surface area contributed by atoms with Crippen LogP contribution in [0.2, 0.25) is 0 Å². The first-order valence-corrected chi connectivity index (χ1v) is 7.22. The van der Waals surface area contributed by atoms with Crippen LogP contribution in [-0.4, -0.2) is 10.6 Å². The fourth-order valence-corrected chi connectivity index (χ4v) is 2.09. The van der Waals surface area contributed by atoms with Crippen LogP contribution in [0.25, 0.3) is 0 Å². The molecule has 0 radical (unpaired) electrons. The Kier molecular flexibility index (Phi) is 5.03. The summed E-state index contributed by atoms with van der Waals surface area (Å²) in [7, 11) is 0. The zero-order chi connectivity index (χ0) is 14.8. The van der Waals surface area contributed by atoms with Crippen LogP contribution in [0.4, 0.5) is 0 Å². The predicted octanol–water partition coefficient (Wildman–Crippen LogP) is 4.53. The van der Waals surface area contributed by atoms with Gasteiger partial charge in [-0.15, -0.1) is 0 Å². The summed E-state index contributed by atoms with van der Waals surface area (Å²) >= 11 is 0. The van der Waals surface area contributed by atoms with Crippen LogP contribution in [0.15, 0.2) is 12.1 Å². The second kappa shape index (κ2) is 5.96. The standard InChI is InChI=1S/C17H29NO/c1-11(2)14-8-13(10-18-17(5,6)7)9-15(12(3)4)16(14)19/h8-9,11-12,18-19H,10H2,1-7H3. The van der Waals surface area contributed by atoms with Gasteiger partial charge in [0.25, 0.3) is 0 Å². The van der Waals surface area contributed by atoms with E-state index in [1.807, 2.05) is 0 Å². The highest BCUT2D eigenvalue weighted by Gasteiger charge is 2.16. The van der Waals surface area contributed by atoms with E-state index in [-0.39, 0.29) is 5.54 Å². The highest BCUT2D eigenvalue weighted by atomic mass is 16.3. The lowest BCUT2D eigenvalue weighted by atomic mass is 9.91. The fraction of sp³-hybridized carbons (Fsp3) is 0.647. The van der Waals surface area contributed by atoms with Gasteiger partial charge in [0.1, 0.15) is 5.75 Å². The minimum absolute atomic E-state index is 0.105. The molecule has 0 aliphatic rings. The van der Waals surface area contributed by atoms with Crippen LogP contribution in [-0.2, 0) is 6.54 Å². The quantitative estimate of drug-likeness (QED) is 0.836. The average molecular weight is 263 g/mol. The number of rotatable bonds is 4. The summed E-state index contributed by atoms with van der Waals surface area (Å²) in [6.45, 7) is 15.8. The lowest BCUT2D eigenvalue weighted by molar-refractivity contribution is 0.422. The molecule has 0 aliphatic heterocycles. The predicted molar refractivity (Wildman–Crippen MR) is 82.9 cm³/mol. The maximum atomic E-state index is 10.4. The molecule has 2 N–H and O–H groups in total. The van der Waals surface area contributed by atoms with Crippen LogP contribution in [0.1, 0.15) is 77.0 Å². The number of benzene rings is 1. The Morgan fingerprint density at radius 1 is 1.00 bits per heavy atom. The average Bonchev–Trinajstić information content (AvgIpc) is 2.25. The molecule has 0 aromatic heterocycles. The van der Waals surface area contributed by atoms with E-state index < -0.39 is 0 Å². The van der Waals surface area contributed by atoms with Crippen molar-refractivity contribution in [2.75, 3.05) is 0 Å². The van der Waals surface area contributed by atoms with Gasteiger partial charge in [-0.2, -0.15) is 0 Å². The van der Waals surface area contributed by atoms with Gasteiger partial charge in [0.15, 0.2) is 0 Å². The summed E-state index contributed by atoms with van der Waals surface area (Å²) in [5, 5.41) is 13.9. The van der Waals surface area contributed by atoms with Crippen LogP contribution < -0.4 is 5.32 Å². The van der Waals surface area contributed by atoms with Gasteiger partial charge in [-0.1, -0.05) is 39.8 Å². The van der Waals surface area contributed by atoms with E-state index in [1.165, 1.54) is 5.56 Å². The van der Waals surface area contributed by atoms with Crippen LogP contribution in [0, 0.1) is 0 Å². The van der Waals surface area contributed by atoms with Gasteiger partial charge in [0.2, 0.25) is 0 Å². The Balaban J connectivity index is 3.12. The zero-order valence-electron chi connectivity index (χ0n) is 13.5. The molecule has 2 heteroatoms. The molecule has 0 saturated heterocycles. The molecule has 0 unspecified atom stereocenters. The summed E-state index contributed by atoms with van der Waals surface area (Å²) < 4.78 is 0. The second-order valence-corrected chi connectivity index (χ2v) is 7.04. The van der Waals surface area contributed by atoms with Gasteiger partial charge >= 0.3 is 0 Å². The topological polar surface area (TPSA) is 32.3 Å². The smallest absolute Gasteiger partial charge is 0.122 e. The van der Waals surface area contributed by atoms with Gasteiger partial charge in [-0.3, -0.25) is 0 Å². The van der Waals surface area contributed by atoms with Crippen molar-refractivity contribution >= 4 is 0 Å². The molecule has 1 rings (SSSR count). The number of hydrogen-bond acceptors (Lipinski definition) is 2. The van der Waals surface area contributed by atoms with Crippen LogP contribution in [0.3, 0.4) is 0 Å². The highest BCUT2D eigenvalue weighted by Crippen LogP contribution is 2.34. The molecule has 0 aliphatic carbocycles. The summed E-state index contributed by atoms with van der Waals surface area (Å²) in [4.78, 5) is 0. The molecule has 1 aromatic carbocycles. The van der Waals surface area contributed by atoms with Crippen molar-refractivity contribution < 1.29 is 5.11 Å². The molecule has 1 aromatic rings. The van der Waals surface area contributed by atoms with E-state index in [2.05, 4.69) is 65.9 Å². The Hall–Kier alpha value is -1.02. The summed E-state index contributed by atoms with van der Waals surface area (Å²) in [6, 6.07) is 4.26. The summed E-state index contributed by atoms with van der Waals surface area (Å²) in [5.41, 5.74) is 3.46. The van der Waals surface area contributed by atoms with Gasteiger partial charge < -0.3 is 10.4 Å². The Bertz CT molecular complexity index is 398. The molecule has 108 valence electrons. The molecule has 0 heterocycles. The Morgan fingerprint density at radius 3 is 1.74 bits per heavy atom. The molecule has 0 saturated carbocycles. The van der Waals surface area contributed by atoms with Gasteiger partial charge in [-0.05, 0) is 49.3 Å². The van der Waals surface area contributed by atoms with E-state index in [1.54, 1.807) is 0 Å². The summed E-state index contributed by atoms with van der Waals surface area (Å²) in [5.74, 6) is 1.16. The molecule has 0 amide bonds. The van der Waals surface area contributed by atoms with Crippen molar-refractivity contribution in [3.63, 3.8) is 0 Å². The minimum atomic E-state index is 0.105. The van der Waals surface area contributed by atoms with E-state index in [4.69, 9.17) is 0 Å². The largest absolute Gasteiger partial charge is 0.507 e. The van der Waals surface area contributed by atoms with Crippen molar-refractivity contribution in [1.82, 2.24) is 5.32 Å². The number of nitrogens with one attached hydrogen (secondary N) is 1. The number of hydrogen-bond donors (Lipinski definition) is 2. The van der Waals surface area contributed by atoms with E-state index in [0.29, 0.717) is 17.6 Å². The lowest BCUT2D eigenvalue weighted by Gasteiger charge is -2.22. The van der Waals surface area contributed by atoms with Crippen molar-refractivity contribution in [2.24, 2.45) is 0 Å². The summed E-state index contributed by atoms with van der Waals surface area (Å²) in [6.07, 6.45) is 0. The van der Waals surface area contributed by atoms with E-state index in [9.17, 15) is 5.11 Å². The monoisotopic (exact) mass is 263 g/mol. The lowest BCUT2D eigenvalue weighted by Crippen LogP contribution is -2.35. The Morgan fingerprint density at radius 2 is 1.42 bits per heavy atom. The number of aromatic hydroxyl groups is 1. The molecular formula is C17H29NO.